The zero-order valence-corrected chi connectivity index (χ0v) is 7.39. The molecule has 0 amide bonds. The lowest BCUT2D eigenvalue weighted by Gasteiger charge is -2.19. The third kappa shape index (κ3) is 4.30. The van der Waals surface area contributed by atoms with E-state index in [1.807, 2.05) is 0 Å². The second-order valence-corrected chi connectivity index (χ2v) is 2.58. The first-order valence-electron chi connectivity index (χ1n) is 3.49. The fourth-order valence-corrected chi connectivity index (χ4v) is 0.411. The van der Waals surface area contributed by atoms with Crippen molar-refractivity contribution < 1.29 is 48.6 Å². The summed E-state index contributed by atoms with van der Waals surface area (Å²) in [5.74, 6) is -9.13. The molecule has 0 unspecified atom stereocenters. The Labute approximate surface area is 86.6 Å². The SMILES string of the molecule is F/C(OCC(F)(F)C(F)(F)F)=C(/F)C(F)(F)F. The van der Waals surface area contributed by atoms with Gasteiger partial charge in [-0.1, -0.05) is 0 Å². The third-order valence-corrected chi connectivity index (χ3v) is 1.22. The van der Waals surface area contributed by atoms with Crippen LogP contribution in [-0.2, 0) is 4.74 Å². The van der Waals surface area contributed by atoms with Crippen molar-refractivity contribution in [2.75, 3.05) is 6.61 Å². The minimum absolute atomic E-state index is 2.77. The lowest BCUT2D eigenvalue weighted by Crippen LogP contribution is -2.40. The van der Waals surface area contributed by atoms with Gasteiger partial charge in [0.2, 0.25) is 0 Å². The Morgan fingerprint density at radius 2 is 1.24 bits per heavy atom. The van der Waals surface area contributed by atoms with Crippen LogP contribution >= 0.6 is 0 Å². The molecule has 0 aliphatic rings. The molecule has 102 valence electrons. The summed E-state index contributed by atoms with van der Waals surface area (Å²) in [6, 6.07) is -3.19. The minimum atomic E-state index is -6.15. The molecule has 17 heavy (non-hydrogen) atoms. The molecule has 0 aromatic carbocycles. The fraction of sp³-hybridized carbons (Fsp3) is 0.667. The van der Waals surface area contributed by atoms with Crippen LogP contribution in [0.15, 0.2) is 11.8 Å². The molecule has 0 spiro atoms. The number of hydrogen-bond acceptors (Lipinski definition) is 1. The average Bonchev–Trinajstić information content (AvgIpc) is 2.09. The van der Waals surface area contributed by atoms with Gasteiger partial charge in [0.1, 0.15) is 0 Å². The van der Waals surface area contributed by atoms with Gasteiger partial charge >= 0.3 is 24.3 Å². The van der Waals surface area contributed by atoms with Crippen molar-refractivity contribution in [1.82, 2.24) is 0 Å². The Kier molecular flexibility index (Phi) is 4.29. The third-order valence-electron chi connectivity index (χ3n) is 1.22. The van der Waals surface area contributed by atoms with Crippen molar-refractivity contribution in [3.05, 3.63) is 11.8 Å². The highest BCUT2D eigenvalue weighted by Crippen LogP contribution is 2.37. The van der Waals surface area contributed by atoms with Crippen molar-refractivity contribution in [2.45, 2.75) is 18.3 Å². The van der Waals surface area contributed by atoms with Gasteiger partial charge < -0.3 is 4.74 Å². The molecule has 0 fully saturated rings. The summed E-state index contributed by atoms with van der Waals surface area (Å²) in [4.78, 5) is 0. The number of alkyl halides is 8. The van der Waals surface area contributed by atoms with Crippen LogP contribution in [0.25, 0.3) is 0 Å². The largest absolute Gasteiger partial charge is 0.462 e. The second-order valence-electron chi connectivity index (χ2n) is 2.58. The minimum Gasteiger partial charge on any atom is -0.462 e. The van der Waals surface area contributed by atoms with Crippen LogP contribution in [0.2, 0.25) is 0 Å². The number of halogens is 10. The molecule has 0 bridgehead atoms. The van der Waals surface area contributed by atoms with Gasteiger partial charge in [0.25, 0.3) is 5.83 Å². The number of rotatable bonds is 3. The van der Waals surface area contributed by atoms with Gasteiger partial charge in [-0.15, -0.1) is 0 Å². The highest BCUT2D eigenvalue weighted by molar-refractivity contribution is 5.00. The Hall–Kier alpha value is -1.16. The molecule has 0 N–H and O–H groups in total. The smallest absolute Gasteiger partial charge is 0.456 e. The predicted octanol–water partition coefficient (Wildman–Crippen LogP) is 3.87. The Balaban J connectivity index is 4.71. The molecule has 1 nitrogen and oxygen atoms in total. The highest BCUT2D eigenvalue weighted by atomic mass is 19.4. The second kappa shape index (κ2) is 4.61. The van der Waals surface area contributed by atoms with Gasteiger partial charge in [0.15, 0.2) is 6.61 Å². The van der Waals surface area contributed by atoms with Crippen molar-refractivity contribution in [3.63, 3.8) is 0 Å². The molecule has 0 aliphatic heterocycles. The average molecular weight is 280 g/mol. The first-order chi connectivity index (χ1) is 7.29. The summed E-state index contributed by atoms with van der Waals surface area (Å²) < 4.78 is 119. The summed E-state index contributed by atoms with van der Waals surface area (Å²) in [7, 11) is 0. The first kappa shape index (κ1) is 15.8. The lowest BCUT2D eigenvalue weighted by atomic mass is 10.3. The molecule has 0 aromatic heterocycles. The summed E-state index contributed by atoms with van der Waals surface area (Å²) in [5.41, 5.74) is 0. The van der Waals surface area contributed by atoms with E-state index in [4.69, 9.17) is 0 Å². The molecule has 0 saturated carbocycles. The van der Waals surface area contributed by atoms with Crippen LogP contribution in [0.5, 0.6) is 0 Å². The van der Waals surface area contributed by atoms with Gasteiger partial charge in [-0.2, -0.15) is 43.9 Å². The van der Waals surface area contributed by atoms with Crippen molar-refractivity contribution in [3.8, 4) is 0 Å². The zero-order chi connectivity index (χ0) is 14.1. The van der Waals surface area contributed by atoms with E-state index in [0.717, 1.165) is 0 Å². The van der Waals surface area contributed by atoms with E-state index < -0.39 is 36.7 Å². The molecule has 0 radical (unpaired) electrons. The Bertz CT molecular complexity index is 297. The van der Waals surface area contributed by atoms with Crippen LogP contribution in [0.1, 0.15) is 0 Å². The molecule has 0 saturated heterocycles. The first-order valence-corrected chi connectivity index (χ1v) is 3.49. The summed E-state index contributed by atoms with van der Waals surface area (Å²) in [5, 5.41) is 0. The van der Waals surface area contributed by atoms with Gasteiger partial charge in [-0.3, -0.25) is 0 Å². The zero-order valence-electron chi connectivity index (χ0n) is 7.39. The van der Waals surface area contributed by atoms with Crippen LogP contribution in [-0.4, -0.2) is 24.9 Å². The molecule has 0 heterocycles. The molecule has 0 atom stereocenters. The number of ether oxygens (including phenoxy) is 1. The Morgan fingerprint density at radius 3 is 1.53 bits per heavy atom. The van der Waals surface area contributed by atoms with Crippen LogP contribution in [0.3, 0.4) is 0 Å². The molecule has 0 rings (SSSR count). The lowest BCUT2D eigenvalue weighted by molar-refractivity contribution is -0.295. The maximum Gasteiger partial charge on any atom is 0.456 e. The van der Waals surface area contributed by atoms with Gasteiger partial charge in [0.05, 0.1) is 0 Å². The monoisotopic (exact) mass is 280 g/mol. The summed E-state index contributed by atoms with van der Waals surface area (Å²) in [6.45, 7) is -2.80. The van der Waals surface area contributed by atoms with E-state index in [2.05, 4.69) is 4.74 Å². The van der Waals surface area contributed by atoms with E-state index >= 15 is 0 Å². The highest BCUT2D eigenvalue weighted by Gasteiger charge is 2.58. The molecular weight excluding hydrogens is 278 g/mol. The fourth-order valence-electron chi connectivity index (χ4n) is 0.411. The van der Waals surface area contributed by atoms with E-state index in [1.165, 1.54) is 0 Å². The van der Waals surface area contributed by atoms with Crippen molar-refractivity contribution >= 4 is 0 Å². The predicted molar refractivity (Wildman–Crippen MR) is 32.3 cm³/mol. The summed E-state index contributed by atoms with van der Waals surface area (Å²) in [6.07, 6.45) is -12.0. The molecule has 0 aliphatic carbocycles. The van der Waals surface area contributed by atoms with Gasteiger partial charge in [0, 0.05) is 0 Å². The summed E-state index contributed by atoms with van der Waals surface area (Å²) >= 11 is 0. The standard InChI is InChI=1S/C6H2F10O/c7-2(5(11,12)13)3(8)17-1-4(9,10)6(14,15)16/h1H2/b3-2-. The van der Waals surface area contributed by atoms with Gasteiger partial charge in [-0.25, -0.2) is 0 Å². The maximum absolute atomic E-state index is 12.1. The van der Waals surface area contributed by atoms with Crippen molar-refractivity contribution in [1.29, 1.82) is 0 Å². The molecular formula is C6H2F10O. The topological polar surface area (TPSA) is 9.23 Å². The van der Waals surface area contributed by atoms with Crippen molar-refractivity contribution in [2.24, 2.45) is 0 Å². The van der Waals surface area contributed by atoms with Crippen LogP contribution in [0, 0.1) is 0 Å². The normalized spacial score (nSPS) is 15.6. The van der Waals surface area contributed by atoms with Crippen LogP contribution < -0.4 is 0 Å². The van der Waals surface area contributed by atoms with Crippen LogP contribution in [0.4, 0.5) is 43.9 Å². The molecule has 11 heteroatoms. The maximum atomic E-state index is 12.1. The van der Waals surface area contributed by atoms with E-state index in [9.17, 15) is 43.9 Å². The number of hydrogen-bond donors (Lipinski definition) is 0. The quantitative estimate of drug-likeness (QED) is 0.563. The van der Waals surface area contributed by atoms with Gasteiger partial charge in [-0.05, 0) is 0 Å². The molecule has 0 aromatic rings. The van der Waals surface area contributed by atoms with E-state index in [0.29, 0.717) is 0 Å². The Morgan fingerprint density at radius 1 is 0.824 bits per heavy atom. The van der Waals surface area contributed by atoms with E-state index in [-0.39, 0.29) is 0 Å². The van der Waals surface area contributed by atoms with E-state index in [1.54, 1.807) is 0 Å². The number of allylic oxidation sites excluding steroid dienone is 1.